The van der Waals surface area contributed by atoms with Gasteiger partial charge in [0.1, 0.15) is 6.04 Å². The van der Waals surface area contributed by atoms with Crippen LogP contribution in [0, 0.1) is 11.8 Å². The summed E-state index contributed by atoms with van der Waals surface area (Å²) in [6.07, 6.45) is 2.17. The molecule has 2 amide bonds. The highest BCUT2D eigenvalue weighted by Gasteiger charge is 2.39. The summed E-state index contributed by atoms with van der Waals surface area (Å²) in [4.78, 5) is 37.7. The van der Waals surface area contributed by atoms with Crippen molar-refractivity contribution in [3.05, 3.63) is 35.9 Å². The van der Waals surface area contributed by atoms with Gasteiger partial charge in [-0.2, -0.15) is 0 Å². The normalized spacial score (nSPS) is 21.1. The zero-order valence-corrected chi connectivity index (χ0v) is 14.1. The van der Waals surface area contributed by atoms with Crippen molar-refractivity contribution in [3.63, 3.8) is 0 Å². The van der Waals surface area contributed by atoms with Crippen molar-refractivity contribution < 1.29 is 19.5 Å². The highest BCUT2D eigenvalue weighted by atomic mass is 16.4. The molecule has 2 rings (SSSR count). The van der Waals surface area contributed by atoms with Gasteiger partial charge in [-0.15, -0.1) is 0 Å². The van der Waals surface area contributed by atoms with E-state index >= 15 is 0 Å². The predicted octanol–water partition coefficient (Wildman–Crippen LogP) is 1.30. The van der Waals surface area contributed by atoms with Crippen molar-refractivity contribution in [2.24, 2.45) is 11.8 Å². The minimum Gasteiger partial charge on any atom is -0.481 e. The van der Waals surface area contributed by atoms with E-state index in [2.05, 4.69) is 5.32 Å². The standard InChI is InChI=1S/C18H24N2O4/c1-20(2)17(22)15(11-12-7-4-3-5-8-12)19-16(21)13-9-6-10-14(13)18(23)24/h3-5,7-8,13-15H,6,9-11H2,1-2H3,(H,19,21)(H,23,24)/t13-,14+,15-/m1/s1. The third-order valence-electron chi connectivity index (χ3n) is 4.51. The molecule has 0 heterocycles. The molecular formula is C18H24N2O4. The topological polar surface area (TPSA) is 86.7 Å². The Hall–Kier alpha value is -2.37. The minimum atomic E-state index is -0.939. The quantitative estimate of drug-likeness (QED) is 0.822. The van der Waals surface area contributed by atoms with Crippen LogP contribution in [0.3, 0.4) is 0 Å². The predicted molar refractivity (Wildman–Crippen MR) is 89.2 cm³/mol. The van der Waals surface area contributed by atoms with Crippen LogP contribution in [0.15, 0.2) is 30.3 Å². The first-order valence-corrected chi connectivity index (χ1v) is 8.18. The molecule has 3 atom stereocenters. The molecule has 130 valence electrons. The number of carboxylic acids is 1. The first-order valence-electron chi connectivity index (χ1n) is 8.18. The first kappa shape index (κ1) is 18.0. The Balaban J connectivity index is 2.11. The maximum Gasteiger partial charge on any atom is 0.307 e. The van der Waals surface area contributed by atoms with Crippen LogP contribution in [0.5, 0.6) is 0 Å². The number of rotatable bonds is 6. The summed E-state index contributed by atoms with van der Waals surface area (Å²) in [6, 6.07) is 8.76. The van der Waals surface area contributed by atoms with Gasteiger partial charge in [0, 0.05) is 20.5 Å². The Morgan fingerprint density at radius 2 is 1.79 bits per heavy atom. The van der Waals surface area contributed by atoms with Gasteiger partial charge in [-0.05, 0) is 18.4 Å². The summed E-state index contributed by atoms with van der Waals surface area (Å²) in [5.74, 6) is -2.69. The summed E-state index contributed by atoms with van der Waals surface area (Å²) in [5.41, 5.74) is 0.944. The van der Waals surface area contributed by atoms with Crippen molar-refractivity contribution in [2.75, 3.05) is 14.1 Å². The number of aliphatic carboxylic acids is 1. The third kappa shape index (κ3) is 4.34. The molecule has 0 radical (unpaired) electrons. The van der Waals surface area contributed by atoms with Crippen LogP contribution < -0.4 is 5.32 Å². The molecule has 1 aliphatic carbocycles. The number of hydrogen-bond acceptors (Lipinski definition) is 3. The molecular weight excluding hydrogens is 308 g/mol. The maximum atomic E-state index is 12.5. The van der Waals surface area contributed by atoms with Crippen molar-refractivity contribution in [2.45, 2.75) is 31.7 Å². The maximum absolute atomic E-state index is 12.5. The molecule has 0 unspecified atom stereocenters. The molecule has 1 aromatic rings. The van der Waals surface area contributed by atoms with Gasteiger partial charge in [-0.1, -0.05) is 36.8 Å². The number of carbonyl (C=O) groups excluding carboxylic acids is 2. The molecule has 6 heteroatoms. The molecule has 1 aliphatic rings. The van der Waals surface area contributed by atoms with Gasteiger partial charge in [0.05, 0.1) is 11.8 Å². The van der Waals surface area contributed by atoms with Gasteiger partial charge in [-0.25, -0.2) is 0 Å². The summed E-state index contributed by atoms with van der Waals surface area (Å²) in [7, 11) is 3.28. The van der Waals surface area contributed by atoms with Gasteiger partial charge in [0.2, 0.25) is 11.8 Å². The van der Waals surface area contributed by atoms with Gasteiger partial charge in [0.25, 0.3) is 0 Å². The molecule has 0 aliphatic heterocycles. The SMILES string of the molecule is CN(C)C(=O)[C@@H](Cc1ccccc1)NC(=O)[C@@H]1CCC[C@@H]1C(=O)O. The highest BCUT2D eigenvalue weighted by molar-refractivity contribution is 5.90. The lowest BCUT2D eigenvalue weighted by molar-refractivity contribution is -0.146. The van der Waals surface area contributed by atoms with Crippen molar-refractivity contribution >= 4 is 17.8 Å². The molecule has 0 bridgehead atoms. The van der Waals surface area contributed by atoms with Gasteiger partial charge >= 0.3 is 5.97 Å². The fourth-order valence-electron chi connectivity index (χ4n) is 3.21. The first-order chi connectivity index (χ1) is 11.4. The van der Waals surface area contributed by atoms with Crippen molar-refractivity contribution in [1.82, 2.24) is 10.2 Å². The Labute approximate surface area is 141 Å². The second kappa shape index (κ2) is 7.95. The molecule has 2 N–H and O–H groups in total. The minimum absolute atomic E-state index is 0.197. The number of nitrogens with one attached hydrogen (secondary N) is 1. The summed E-state index contributed by atoms with van der Waals surface area (Å²) < 4.78 is 0. The number of benzene rings is 1. The zero-order chi connectivity index (χ0) is 17.7. The molecule has 24 heavy (non-hydrogen) atoms. The van der Waals surface area contributed by atoms with Crippen LogP contribution in [0.2, 0.25) is 0 Å². The number of amides is 2. The molecule has 6 nitrogen and oxygen atoms in total. The second-order valence-corrected chi connectivity index (χ2v) is 6.47. The average molecular weight is 332 g/mol. The van der Waals surface area contributed by atoms with Gasteiger partial charge in [0.15, 0.2) is 0 Å². The van der Waals surface area contributed by atoms with Crippen molar-refractivity contribution in [1.29, 1.82) is 0 Å². The lowest BCUT2D eigenvalue weighted by Gasteiger charge is -2.24. The van der Waals surface area contributed by atoms with Crippen LogP contribution in [0.4, 0.5) is 0 Å². The fraction of sp³-hybridized carbons (Fsp3) is 0.500. The van der Waals surface area contributed by atoms with E-state index in [0.29, 0.717) is 19.3 Å². The number of likely N-dealkylation sites (N-methyl/N-ethyl adjacent to an activating group) is 1. The molecule has 1 aromatic carbocycles. The molecule has 1 saturated carbocycles. The van der Waals surface area contributed by atoms with Crippen LogP contribution in [-0.2, 0) is 20.8 Å². The molecule has 0 aromatic heterocycles. The smallest absolute Gasteiger partial charge is 0.307 e. The number of nitrogens with zero attached hydrogens (tertiary/aromatic N) is 1. The van der Waals surface area contributed by atoms with Crippen LogP contribution >= 0.6 is 0 Å². The average Bonchev–Trinajstić information content (AvgIpc) is 3.04. The van der Waals surface area contributed by atoms with E-state index in [1.807, 2.05) is 30.3 Å². The number of carboxylic acid groups (broad SMARTS) is 1. The van der Waals surface area contributed by atoms with Crippen LogP contribution in [-0.4, -0.2) is 47.9 Å². The van der Waals surface area contributed by atoms with Crippen LogP contribution in [0.1, 0.15) is 24.8 Å². The van der Waals surface area contributed by atoms with Gasteiger partial charge < -0.3 is 15.3 Å². The Morgan fingerprint density at radius 1 is 1.17 bits per heavy atom. The lowest BCUT2D eigenvalue weighted by atomic mass is 9.94. The lowest BCUT2D eigenvalue weighted by Crippen LogP contribution is -2.50. The van der Waals surface area contributed by atoms with Crippen LogP contribution in [0.25, 0.3) is 0 Å². The van der Waals surface area contributed by atoms with E-state index in [4.69, 9.17) is 0 Å². The number of carbonyl (C=O) groups is 3. The van der Waals surface area contributed by atoms with E-state index in [0.717, 1.165) is 12.0 Å². The summed E-state index contributed by atoms with van der Waals surface area (Å²) >= 11 is 0. The van der Waals surface area contributed by atoms with Gasteiger partial charge in [-0.3, -0.25) is 14.4 Å². The van der Waals surface area contributed by atoms with E-state index in [1.54, 1.807) is 14.1 Å². The zero-order valence-electron chi connectivity index (χ0n) is 14.1. The Bertz CT molecular complexity index is 600. The van der Waals surface area contributed by atoms with E-state index in [9.17, 15) is 19.5 Å². The van der Waals surface area contributed by atoms with E-state index in [-0.39, 0.29) is 11.8 Å². The molecule has 0 spiro atoms. The van der Waals surface area contributed by atoms with E-state index in [1.165, 1.54) is 4.90 Å². The number of hydrogen-bond donors (Lipinski definition) is 2. The summed E-state index contributed by atoms with van der Waals surface area (Å²) in [6.45, 7) is 0. The van der Waals surface area contributed by atoms with Crippen molar-refractivity contribution in [3.8, 4) is 0 Å². The highest BCUT2D eigenvalue weighted by Crippen LogP contribution is 2.32. The Kier molecular flexibility index (Phi) is 5.95. The third-order valence-corrected chi connectivity index (χ3v) is 4.51. The largest absolute Gasteiger partial charge is 0.481 e. The monoisotopic (exact) mass is 332 g/mol. The molecule has 1 fully saturated rings. The molecule has 0 saturated heterocycles. The van der Waals surface area contributed by atoms with E-state index < -0.39 is 23.8 Å². The fourth-order valence-corrected chi connectivity index (χ4v) is 3.21. The Morgan fingerprint density at radius 3 is 2.38 bits per heavy atom. The second-order valence-electron chi connectivity index (χ2n) is 6.47. The summed E-state index contributed by atoms with van der Waals surface area (Å²) in [5, 5.41) is 12.0.